The van der Waals surface area contributed by atoms with Crippen molar-refractivity contribution in [3.63, 3.8) is 0 Å². The number of rotatable bonds is 5. The summed E-state index contributed by atoms with van der Waals surface area (Å²) in [6.45, 7) is 5.39. The van der Waals surface area contributed by atoms with Crippen LogP contribution in [-0.4, -0.2) is 25.3 Å². The van der Waals surface area contributed by atoms with Crippen molar-refractivity contribution in [2.45, 2.75) is 64.1 Å². The summed E-state index contributed by atoms with van der Waals surface area (Å²) in [5.74, 6) is 0. The zero-order valence-electron chi connectivity index (χ0n) is 9.94. The van der Waals surface area contributed by atoms with Gasteiger partial charge in [-0.25, -0.2) is 0 Å². The Hall–Kier alpha value is -0.0800. The van der Waals surface area contributed by atoms with E-state index in [-0.39, 0.29) is 5.60 Å². The van der Waals surface area contributed by atoms with Gasteiger partial charge in [-0.15, -0.1) is 0 Å². The zero-order chi connectivity index (χ0) is 10.4. The third-order valence-corrected chi connectivity index (χ3v) is 3.30. The highest BCUT2D eigenvalue weighted by Crippen LogP contribution is 2.26. The number of ether oxygens (including phenoxy) is 1. The minimum atomic E-state index is 0.0384. The molecule has 0 bridgehead atoms. The van der Waals surface area contributed by atoms with E-state index in [0.717, 1.165) is 13.0 Å². The molecule has 0 amide bonds. The Morgan fingerprint density at radius 2 is 1.93 bits per heavy atom. The predicted molar refractivity (Wildman–Crippen MR) is 60.6 cm³/mol. The van der Waals surface area contributed by atoms with E-state index in [4.69, 9.17) is 4.74 Å². The highest BCUT2D eigenvalue weighted by Gasteiger charge is 2.27. The van der Waals surface area contributed by atoms with E-state index in [1.807, 2.05) is 7.05 Å². The van der Waals surface area contributed by atoms with Crippen LogP contribution in [0.4, 0.5) is 0 Å². The Bertz CT molecular complexity index is 154. The summed E-state index contributed by atoms with van der Waals surface area (Å²) in [6, 6.07) is 0. The van der Waals surface area contributed by atoms with E-state index in [9.17, 15) is 0 Å². The molecule has 1 saturated carbocycles. The van der Waals surface area contributed by atoms with Crippen molar-refractivity contribution >= 4 is 0 Å². The fourth-order valence-electron chi connectivity index (χ4n) is 2.21. The molecule has 1 N–H and O–H groups in total. The monoisotopic (exact) mass is 199 g/mol. The van der Waals surface area contributed by atoms with Gasteiger partial charge in [-0.1, -0.05) is 26.2 Å². The average Bonchev–Trinajstić information content (AvgIpc) is 2.20. The first-order chi connectivity index (χ1) is 6.70. The summed E-state index contributed by atoms with van der Waals surface area (Å²) in [7, 11) is 2.00. The lowest BCUT2D eigenvalue weighted by atomic mass is 9.95. The van der Waals surface area contributed by atoms with Crippen LogP contribution in [0.25, 0.3) is 0 Å². The number of hydrogen-bond acceptors (Lipinski definition) is 2. The predicted octanol–water partition coefficient (Wildman–Crippen LogP) is 2.72. The second-order valence-electron chi connectivity index (χ2n) is 4.71. The largest absolute Gasteiger partial charge is 0.371 e. The zero-order valence-corrected chi connectivity index (χ0v) is 9.94. The highest BCUT2D eigenvalue weighted by atomic mass is 16.5. The molecule has 0 saturated heterocycles. The number of nitrogens with one attached hydrogen (secondary N) is 1. The topological polar surface area (TPSA) is 21.3 Å². The molecule has 2 nitrogen and oxygen atoms in total. The van der Waals surface area contributed by atoms with Crippen molar-refractivity contribution in [3.05, 3.63) is 0 Å². The molecule has 84 valence electrons. The van der Waals surface area contributed by atoms with Gasteiger partial charge in [0.15, 0.2) is 0 Å². The fourth-order valence-corrected chi connectivity index (χ4v) is 2.21. The molecule has 1 aliphatic rings. The Labute approximate surface area is 88.4 Å². The number of likely N-dealkylation sites (N-methyl/N-ethyl adjacent to an activating group) is 1. The maximum atomic E-state index is 6.21. The molecular weight excluding hydrogens is 174 g/mol. The van der Waals surface area contributed by atoms with Crippen LogP contribution in [0, 0.1) is 0 Å². The third kappa shape index (κ3) is 3.58. The molecule has 1 fully saturated rings. The smallest absolute Gasteiger partial charge is 0.0779 e. The first kappa shape index (κ1) is 12.0. The van der Waals surface area contributed by atoms with Crippen LogP contribution >= 0.6 is 0 Å². The first-order valence-corrected chi connectivity index (χ1v) is 6.02. The molecule has 1 rings (SSSR count). The summed E-state index contributed by atoms with van der Waals surface area (Å²) >= 11 is 0. The van der Waals surface area contributed by atoms with Gasteiger partial charge in [-0.05, 0) is 33.2 Å². The van der Waals surface area contributed by atoms with E-state index < -0.39 is 0 Å². The van der Waals surface area contributed by atoms with Gasteiger partial charge in [-0.3, -0.25) is 0 Å². The van der Waals surface area contributed by atoms with Crippen LogP contribution in [0.2, 0.25) is 0 Å². The van der Waals surface area contributed by atoms with Crippen molar-refractivity contribution in [1.82, 2.24) is 5.32 Å². The summed E-state index contributed by atoms with van der Waals surface area (Å²) < 4.78 is 6.21. The van der Waals surface area contributed by atoms with Gasteiger partial charge in [-0.2, -0.15) is 0 Å². The Morgan fingerprint density at radius 3 is 2.43 bits per heavy atom. The summed E-state index contributed by atoms with van der Waals surface area (Å²) in [4.78, 5) is 0. The standard InChI is InChI=1S/C12H25NO/c1-4-12(2,10-13-3)14-11-8-6-5-7-9-11/h11,13H,4-10H2,1-3H3. The van der Waals surface area contributed by atoms with Crippen LogP contribution in [0.1, 0.15) is 52.4 Å². The second-order valence-corrected chi connectivity index (χ2v) is 4.71. The summed E-state index contributed by atoms with van der Waals surface area (Å²) in [6.07, 6.45) is 8.23. The maximum absolute atomic E-state index is 6.21. The summed E-state index contributed by atoms with van der Waals surface area (Å²) in [5.41, 5.74) is 0.0384. The van der Waals surface area contributed by atoms with Gasteiger partial charge < -0.3 is 10.1 Å². The molecule has 14 heavy (non-hydrogen) atoms. The van der Waals surface area contributed by atoms with Gasteiger partial charge >= 0.3 is 0 Å². The highest BCUT2D eigenvalue weighted by molar-refractivity contribution is 4.79. The molecule has 1 unspecified atom stereocenters. The van der Waals surface area contributed by atoms with Crippen molar-refractivity contribution in [2.75, 3.05) is 13.6 Å². The van der Waals surface area contributed by atoms with E-state index in [2.05, 4.69) is 19.2 Å². The molecule has 2 heteroatoms. The lowest BCUT2D eigenvalue weighted by molar-refractivity contribution is -0.0944. The molecule has 0 aromatic rings. The molecule has 0 radical (unpaired) electrons. The normalized spacial score (nSPS) is 23.4. The van der Waals surface area contributed by atoms with Crippen LogP contribution in [0.5, 0.6) is 0 Å². The molecule has 0 aromatic carbocycles. The SMILES string of the molecule is CCC(C)(CNC)OC1CCCCC1. The van der Waals surface area contributed by atoms with Crippen molar-refractivity contribution in [2.24, 2.45) is 0 Å². The Kier molecular flexibility index (Phi) is 4.90. The Morgan fingerprint density at radius 1 is 1.29 bits per heavy atom. The van der Waals surface area contributed by atoms with E-state index in [1.54, 1.807) is 0 Å². The van der Waals surface area contributed by atoms with Crippen molar-refractivity contribution < 1.29 is 4.74 Å². The molecule has 1 atom stereocenters. The van der Waals surface area contributed by atoms with Crippen molar-refractivity contribution in [3.8, 4) is 0 Å². The van der Waals surface area contributed by atoms with E-state index in [0.29, 0.717) is 6.10 Å². The molecule has 1 aliphatic carbocycles. The lowest BCUT2D eigenvalue weighted by Crippen LogP contribution is -2.42. The van der Waals surface area contributed by atoms with Gasteiger partial charge in [0.1, 0.15) is 0 Å². The molecule has 0 aliphatic heterocycles. The average molecular weight is 199 g/mol. The van der Waals surface area contributed by atoms with E-state index in [1.165, 1.54) is 32.1 Å². The minimum Gasteiger partial charge on any atom is -0.371 e. The van der Waals surface area contributed by atoms with Crippen LogP contribution in [0.3, 0.4) is 0 Å². The van der Waals surface area contributed by atoms with E-state index >= 15 is 0 Å². The van der Waals surface area contributed by atoms with Gasteiger partial charge in [0, 0.05) is 6.54 Å². The van der Waals surface area contributed by atoms with Crippen LogP contribution in [0.15, 0.2) is 0 Å². The summed E-state index contributed by atoms with van der Waals surface area (Å²) in [5, 5.41) is 3.22. The van der Waals surface area contributed by atoms with Crippen molar-refractivity contribution in [1.29, 1.82) is 0 Å². The molecule has 0 spiro atoms. The van der Waals surface area contributed by atoms with Gasteiger partial charge in [0.2, 0.25) is 0 Å². The van der Waals surface area contributed by atoms with Gasteiger partial charge in [0.25, 0.3) is 0 Å². The van der Waals surface area contributed by atoms with Crippen LogP contribution in [-0.2, 0) is 4.74 Å². The lowest BCUT2D eigenvalue weighted by Gasteiger charge is -2.35. The van der Waals surface area contributed by atoms with Gasteiger partial charge in [0.05, 0.1) is 11.7 Å². The maximum Gasteiger partial charge on any atom is 0.0779 e. The second kappa shape index (κ2) is 5.72. The third-order valence-electron chi connectivity index (χ3n) is 3.30. The molecule has 0 aromatic heterocycles. The minimum absolute atomic E-state index is 0.0384. The molecule has 0 heterocycles. The first-order valence-electron chi connectivity index (χ1n) is 6.02. The quantitative estimate of drug-likeness (QED) is 0.735. The fraction of sp³-hybridized carbons (Fsp3) is 1.00. The Balaban J connectivity index is 2.37. The van der Waals surface area contributed by atoms with Crippen LogP contribution < -0.4 is 5.32 Å². The molecular formula is C12H25NO. The number of hydrogen-bond donors (Lipinski definition) is 1.